The van der Waals surface area contributed by atoms with Gasteiger partial charge in [-0.2, -0.15) is 5.26 Å². The predicted octanol–water partition coefficient (Wildman–Crippen LogP) is 5.06. The van der Waals surface area contributed by atoms with E-state index in [1.54, 1.807) is 12.5 Å². The summed E-state index contributed by atoms with van der Waals surface area (Å²) >= 11 is 0. The van der Waals surface area contributed by atoms with E-state index in [1.807, 2.05) is 36.4 Å². The summed E-state index contributed by atoms with van der Waals surface area (Å²) in [5.41, 5.74) is 6.20. The molecule has 1 fully saturated rings. The quantitative estimate of drug-likeness (QED) is 0.300. The van der Waals surface area contributed by atoms with Crippen molar-refractivity contribution in [1.29, 1.82) is 5.26 Å². The van der Waals surface area contributed by atoms with Gasteiger partial charge in [-0.05, 0) is 79.3 Å². The number of rotatable bonds is 9. The highest BCUT2D eigenvalue weighted by atomic mass is 16.1. The van der Waals surface area contributed by atoms with Gasteiger partial charge in [0.1, 0.15) is 23.9 Å². The molecule has 0 unspecified atom stereocenters. The number of nitrogens with one attached hydrogen (secondary N) is 2. The number of aryl methyl sites for hydroxylation is 3. The predicted molar refractivity (Wildman–Crippen MR) is 154 cm³/mol. The minimum Gasteiger partial charge on any atom is -0.367 e. The van der Waals surface area contributed by atoms with E-state index < -0.39 is 0 Å². The summed E-state index contributed by atoms with van der Waals surface area (Å²) in [5.74, 6) is 0.659. The highest BCUT2D eigenvalue weighted by Crippen LogP contribution is 2.28. The van der Waals surface area contributed by atoms with E-state index in [9.17, 15) is 10.1 Å². The Hall–Kier alpha value is -4.48. The smallest absolute Gasteiger partial charge is 0.247 e. The second kappa shape index (κ2) is 11.9. The van der Waals surface area contributed by atoms with Crippen molar-refractivity contribution in [2.24, 2.45) is 0 Å². The lowest BCUT2D eigenvalue weighted by molar-refractivity contribution is -0.111. The monoisotopic (exact) mass is 519 g/mol. The number of piperidine rings is 1. The minimum absolute atomic E-state index is 0.227. The number of nitrogens with zero attached hydrogens (tertiary/aromatic N) is 5. The first-order chi connectivity index (χ1) is 19.0. The highest BCUT2D eigenvalue weighted by Gasteiger charge is 2.21. The fraction of sp³-hybridized carbons (Fsp3) is 0.290. The van der Waals surface area contributed by atoms with Crippen LogP contribution in [0.1, 0.15) is 35.2 Å². The van der Waals surface area contributed by atoms with Gasteiger partial charge in [-0.25, -0.2) is 9.97 Å². The Morgan fingerprint density at radius 3 is 2.67 bits per heavy atom. The molecule has 0 radical (unpaired) electrons. The first kappa shape index (κ1) is 26.1. The van der Waals surface area contributed by atoms with Gasteiger partial charge < -0.3 is 15.2 Å². The molecule has 39 heavy (non-hydrogen) atoms. The summed E-state index contributed by atoms with van der Waals surface area (Å²) in [7, 11) is 0. The number of hydrogen-bond donors (Lipinski definition) is 2. The zero-order valence-electron chi connectivity index (χ0n) is 22.2. The minimum atomic E-state index is -0.227. The topological polar surface area (TPSA) is 98.9 Å². The first-order valence-corrected chi connectivity index (χ1v) is 13.3. The average Bonchev–Trinajstić information content (AvgIpc) is 3.34. The van der Waals surface area contributed by atoms with Gasteiger partial charge in [0.05, 0.1) is 0 Å². The normalized spacial score (nSPS) is 14.2. The largest absolute Gasteiger partial charge is 0.367 e. The maximum Gasteiger partial charge on any atom is 0.247 e. The molecule has 0 atom stereocenters. The molecule has 2 aromatic carbocycles. The molecule has 0 aliphatic carbocycles. The maximum atomic E-state index is 11.5. The molecule has 5 rings (SSSR count). The lowest BCUT2D eigenvalue weighted by Crippen LogP contribution is -2.38. The molecule has 1 amide bonds. The van der Waals surface area contributed by atoms with Crippen molar-refractivity contribution in [1.82, 2.24) is 19.4 Å². The fourth-order valence-corrected chi connectivity index (χ4v) is 5.28. The van der Waals surface area contributed by atoms with Gasteiger partial charge in [-0.1, -0.05) is 24.8 Å². The zero-order chi connectivity index (χ0) is 27.2. The van der Waals surface area contributed by atoms with Crippen molar-refractivity contribution in [2.45, 2.75) is 45.3 Å². The summed E-state index contributed by atoms with van der Waals surface area (Å²) in [6.45, 7) is 9.32. The van der Waals surface area contributed by atoms with Crippen molar-refractivity contribution in [3.05, 3.63) is 96.1 Å². The third-order valence-electron chi connectivity index (χ3n) is 7.53. The Labute approximate surface area is 229 Å². The van der Waals surface area contributed by atoms with E-state index in [1.165, 1.54) is 17.2 Å². The number of aromatic nitrogens is 3. The number of carbonyl (C=O) groups is 1. The molecule has 198 valence electrons. The van der Waals surface area contributed by atoms with Crippen molar-refractivity contribution in [2.75, 3.05) is 23.7 Å². The van der Waals surface area contributed by atoms with Crippen LogP contribution in [0, 0.1) is 18.3 Å². The number of likely N-dealkylation sites (tertiary alicyclic amines) is 1. The Bertz CT molecular complexity index is 1490. The zero-order valence-corrected chi connectivity index (χ0v) is 22.2. The summed E-state index contributed by atoms with van der Waals surface area (Å²) in [5, 5.41) is 17.3. The van der Waals surface area contributed by atoms with Gasteiger partial charge >= 0.3 is 0 Å². The molecular formula is C31H33N7O. The molecule has 0 bridgehead atoms. The Morgan fingerprint density at radius 2 is 1.97 bits per heavy atom. The molecule has 1 aliphatic rings. The van der Waals surface area contributed by atoms with Crippen LogP contribution < -0.4 is 10.6 Å². The number of hydrogen-bond acceptors (Lipinski definition) is 6. The highest BCUT2D eigenvalue weighted by molar-refractivity contribution is 5.98. The molecule has 8 nitrogen and oxygen atoms in total. The number of amides is 1. The van der Waals surface area contributed by atoms with E-state index in [2.05, 4.69) is 61.8 Å². The molecular weight excluding hydrogens is 486 g/mol. The van der Waals surface area contributed by atoms with Gasteiger partial charge in [-0.3, -0.25) is 9.69 Å². The van der Waals surface area contributed by atoms with Crippen LogP contribution in [0.3, 0.4) is 0 Å². The van der Waals surface area contributed by atoms with Gasteiger partial charge in [0.15, 0.2) is 0 Å². The van der Waals surface area contributed by atoms with Crippen molar-refractivity contribution in [3.63, 3.8) is 0 Å². The summed E-state index contributed by atoms with van der Waals surface area (Å²) in [6, 6.07) is 18.9. The number of anilines is 2. The van der Waals surface area contributed by atoms with Gasteiger partial charge in [0.2, 0.25) is 5.91 Å². The standard InChI is InChI=1S/C31H33N7O/c1-3-31(39)36-25-7-4-23(5-8-25)11-17-38-27(19-32)18-28-22(2)24(6-9-29(28)38)20-37-15-12-26(13-16-37)35-30-10-14-33-21-34-30/h3-10,14,18,21,26H,1,11-13,15-17,20H2,2H3,(H,36,39)(H,33,34,35). The average molecular weight is 520 g/mol. The van der Waals surface area contributed by atoms with Crippen molar-refractivity contribution >= 4 is 28.3 Å². The van der Waals surface area contributed by atoms with Crippen molar-refractivity contribution < 1.29 is 4.79 Å². The summed E-state index contributed by atoms with van der Waals surface area (Å²) in [6.07, 6.45) is 7.52. The van der Waals surface area contributed by atoms with Crippen LogP contribution in [0.25, 0.3) is 10.9 Å². The maximum absolute atomic E-state index is 11.5. The van der Waals surface area contributed by atoms with E-state index >= 15 is 0 Å². The number of carbonyl (C=O) groups excluding carboxylic acids is 1. The van der Waals surface area contributed by atoms with E-state index in [4.69, 9.17) is 0 Å². The third kappa shape index (κ3) is 6.16. The van der Waals surface area contributed by atoms with Crippen LogP contribution >= 0.6 is 0 Å². The molecule has 0 spiro atoms. The van der Waals surface area contributed by atoms with Crippen LogP contribution in [-0.4, -0.2) is 44.5 Å². The Morgan fingerprint density at radius 1 is 1.18 bits per heavy atom. The van der Waals surface area contributed by atoms with Gasteiger partial charge in [0.25, 0.3) is 0 Å². The van der Waals surface area contributed by atoms with Crippen molar-refractivity contribution in [3.8, 4) is 6.07 Å². The molecule has 8 heteroatoms. The van der Waals surface area contributed by atoms with E-state index in [-0.39, 0.29) is 5.91 Å². The summed E-state index contributed by atoms with van der Waals surface area (Å²) < 4.78 is 2.11. The molecule has 1 saturated heterocycles. The fourth-order valence-electron chi connectivity index (χ4n) is 5.28. The van der Waals surface area contributed by atoms with Crippen LogP contribution in [0.2, 0.25) is 0 Å². The number of fused-ring (bicyclic) bond motifs is 1. The second-order valence-corrected chi connectivity index (χ2v) is 10.0. The van der Waals surface area contributed by atoms with Crippen LogP contribution in [-0.2, 0) is 24.3 Å². The van der Waals surface area contributed by atoms with E-state index in [0.29, 0.717) is 18.3 Å². The molecule has 2 aromatic heterocycles. The Kier molecular flexibility index (Phi) is 7.99. The second-order valence-electron chi connectivity index (χ2n) is 10.0. The lowest BCUT2D eigenvalue weighted by Gasteiger charge is -2.33. The molecule has 3 heterocycles. The number of nitriles is 1. The van der Waals surface area contributed by atoms with Crippen LogP contribution in [0.15, 0.2) is 73.7 Å². The third-order valence-corrected chi connectivity index (χ3v) is 7.53. The Balaban J connectivity index is 1.23. The first-order valence-electron chi connectivity index (χ1n) is 13.3. The summed E-state index contributed by atoms with van der Waals surface area (Å²) in [4.78, 5) is 22.3. The molecule has 4 aromatic rings. The molecule has 0 saturated carbocycles. The van der Waals surface area contributed by atoms with Gasteiger partial charge in [-0.15, -0.1) is 0 Å². The number of benzene rings is 2. The van der Waals surface area contributed by atoms with Crippen LogP contribution in [0.5, 0.6) is 0 Å². The molecule has 1 aliphatic heterocycles. The van der Waals surface area contributed by atoms with E-state index in [0.717, 1.165) is 66.9 Å². The van der Waals surface area contributed by atoms with Gasteiger partial charge in [0, 0.05) is 55.0 Å². The lowest BCUT2D eigenvalue weighted by atomic mass is 10.0. The SMILES string of the molecule is C=CC(=O)Nc1ccc(CCn2c(C#N)cc3c(C)c(CN4CCC(Nc5ccncn5)CC4)ccc32)cc1. The van der Waals surface area contributed by atoms with Crippen LogP contribution in [0.4, 0.5) is 11.5 Å². The molecule has 2 N–H and O–H groups in total.